The second-order valence-corrected chi connectivity index (χ2v) is 6.17. The minimum Gasteiger partial charge on any atom is -0.356 e. The summed E-state index contributed by atoms with van der Waals surface area (Å²) >= 11 is 6.14. The summed E-state index contributed by atoms with van der Waals surface area (Å²) in [6, 6.07) is 10.1. The molecular weight excluding hydrogens is 322 g/mol. The lowest BCUT2D eigenvalue weighted by Crippen LogP contribution is -2.18. The van der Waals surface area contributed by atoms with E-state index in [1.54, 1.807) is 6.20 Å². The van der Waals surface area contributed by atoms with Gasteiger partial charge in [-0.05, 0) is 54.8 Å². The predicted octanol–water partition coefficient (Wildman–Crippen LogP) is 3.77. The van der Waals surface area contributed by atoms with E-state index in [1.807, 2.05) is 24.3 Å². The minimum absolute atomic E-state index is 0.741. The van der Waals surface area contributed by atoms with Gasteiger partial charge in [0.25, 0.3) is 0 Å². The van der Waals surface area contributed by atoms with Crippen molar-refractivity contribution in [3.8, 4) is 0 Å². The molecule has 0 aliphatic rings. The summed E-state index contributed by atoms with van der Waals surface area (Å²) in [6.45, 7) is 4.76. The van der Waals surface area contributed by atoms with Crippen LogP contribution in [-0.2, 0) is 13.0 Å². The van der Waals surface area contributed by atoms with E-state index in [-0.39, 0.29) is 0 Å². The number of hydrogen-bond acceptors (Lipinski definition) is 4. The summed E-state index contributed by atoms with van der Waals surface area (Å²) in [4.78, 5) is 11.8. The van der Waals surface area contributed by atoms with E-state index in [9.17, 15) is 0 Å². The van der Waals surface area contributed by atoms with Crippen LogP contribution in [0, 0.1) is 0 Å². The Morgan fingerprint density at radius 1 is 1.17 bits per heavy atom. The number of aryl methyl sites for hydroxylation is 1. The molecule has 0 fully saturated rings. The van der Waals surface area contributed by atoms with E-state index in [4.69, 9.17) is 11.6 Å². The van der Waals surface area contributed by atoms with Crippen LogP contribution in [0.2, 0.25) is 5.02 Å². The first-order valence-corrected chi connectivity index (χ1v) is 8.66. The van der Waals surface area contributed by atoms with Crippen LogP contribution in [0.1, 0.15) is 24.5 Å². The van der Waals surface area contributed by atoms with Crippen molar-refractivity contribution in [2.45, 2.75) is 26.3 Å². The fraction of sp³-hybridized carbons (Fsp3) is 0.333. The highest BCUT2D eigenvalue weighted by atomic mass is 35.5. The normalized spacial score (nSPS) is 11.1. The van der Waals surface area contributed by atoms with Gasteiger partial charge in [-0.25, -0.2) is 4.98 Å². The minimum atomic E-state index is 0.741. The number of imidazole rings is 1. The molecule has 0 bridgehead atoms. The molecule has 2 aromatic heterocycles. The van der Waals surface area contributed by atoms with E-state index in [2.05, 4.69) is 38.6 Å². The van der Waals surface area contributed by atoms with Crippen molar-refractivity contribution in [1.29, 1.82) is 0 Å². The Bertz CT molecular complexity index is 766. The van der Waals surface area contributed by atoms with Crippen LogP contribution in [0.25, 0.3) is 11.2 Å². The first kappa shape index (κ1) is 16.7. The number of aromatic amines is 1. The molecule has 0 aliphatic heterocycles. The average Bonchev–Trinajstić information content (AvgIpc) is 3.00. The van der Waals surface area contributed by atoms with Gasteiger partial charge in [0.2, 0.25) is 5.95 Å². The van der Waals surface area contributed by atoms with Crippen LogP contribution in [0.3, 0.4) is 0 Å². The Balaban J connectivity index is 1.39. The Kier molecular flexibility index (Phi) is 5.67. The van der Waals surface area contributed by atoms with Crippen molar-refractivity contribution in [3.05, 3.63) is 52.7 Å². The molecular formula is C18H22ClN5. The van der Waals surface area contributed by atoms with Crippen LogP contribution in [-0.4, -0.2) is 28.0 Å². The molecule has 126 valence electrons. The molecule has 0 saturated heterocycles. The predicted molar refractivity (Wildman–Crippen MR) is 99.5 cm³/mol. The third-order valence-electron chi connectivity index (χ3n) is 3.83. The van der Waals surface area contributed by atoms with Gasteiger partial charge in [-0.15, -0.1) is 0 Å². The van der Waals surface area contributed by atoms with Gasteiger partial charge in [0.1, 0.15) is 0 Å². The maximum Gasteiger partial charge on any atom is 0.202 e. The van der Waals surface area contributed by atoms with Gasteiger partial charge in [-0.1, -0.05) is 24.6 Å². The van der Waals surface area contributed by atoms with E-state index in [0.29, 0.717) is 0 Å². The lowest BCUT2D eigenvalue weighted by Gasteiger charge is -2.08. The molecule has 0 unspecified atom stereocenters. The van der Waals surface area contributed by atoms with Gasteiger partial charge in [0.05, 0.1) is 5.52 Å². The zero-order chi connectivity index (χ0) is 16.8. The van der Waals surface area contributed by atoms with Crippen molar-refractivity contribution < 1.29 is 0 Å². The summed E-state index contributed by atoms with van der Waals surface area (Å²) in [7, 11) is 0. The highest BCUT2D eigenvalue weighted by molar-refractivity contribution is 6.30. The van der Waals surface area contributed by atoms with Crippen molar-refractivity contribution in [1.82, 2.24) is 20.3 Å². The molecule has 0 aliphatic carbocycles. The third kappa shape index (κ3) is 4.46. The maximum atomic E-state index is 6.14. The van der Waals surface area contributed by atoms with Crippen LogP contribution in [0.15, 0.2) is 36.5 Å². The topological polar surface area (TPSA) is 65.6 Å². The number of anilines is 1. The lowest BCUT2D eigenvalue weighted by molar-refractivity contribution is 0.662. The Labute approximate surface area is 146 Å². The van der Waals surface area contributed by atoms with E-state index in [1.165, 1.54) is 11.1 Å². The van der Waals surface area contributed by atoms with Crippen LogP contribution < -0.4 is 10.6 Å². The molecule has 5 nitrogen and oxygen atoms in total. The summed E-state index contributed by atoms with van der Waals surface area (Å²) in [5.74, 6) is 0.770. The zero-order valence-corrected chi connectivity index (χ0v) is 14.5. The molecule has 3 N–H and O–H groups in total. The monoisotopic (exact) mass is 343 g/mol. The number of halogens is 1. The molecule has 6 heteroatoms. The number of nitrogens with one attached hydrogen (secondary N) is 3. The first-order valence-electron chi connectivity index (χ1n) is 8.28. The van der Waals surface area contributed by atoms with Crippen LogP contribution >= 0.6 is 11.6 Å². The highest BCUT2D eigenvalue weighted by Crippen LogP contribution is 2.15. The number of H-pyrrole nitrogens is 1. The zero-order valence-electron chi connectivity index (χ0n) is 13.8. The summed E-state index contributed by atoms with van der Waals surface area (Å²) in [5.41, 5.74) is 4.20. The van der Waals surface area contributed by atoms with Crippen LogP contribution in [0.5, 0.6) is 0 Å². The fourth-order valence-electron chi connectivity index (χ4n) is 2.61. The molecule has 0 spiro atoms. The van der Waals surface area contributed by atoms with Gasteiger partial charge in [-0.3, -0.25) is 0 Å². The summed E-state index contributed by atoms with van der Waals surface area (Å²) < 4.78 is 0. The van der Waals surface area contributed by atoms with Crippen LogP contribution in [0.4, 0.5) is 5.95 Å². The summed E-state index contributed by atoms with van der Waals surface area (Å²) in [6.07, 6.45) is 3.76. The SMILES string of the molecule is CCc1cc(Cl)cc(CNCCCNc2nc3ncccc3[nH]2)c1. The molecule has 2 heterocycles. The molecule has 0 atom stereocenters. The molecule has 0 saturated carbocycles. The molecule has 24 heavy (non-hydrogen) atoms. The number of pyridine rings is 1. The van der Waals surface area contributed by atoms with Crippen molar-refractivity contribution in [3.63, 3.8) is 0 Å². The number of benzene rings is 1. The molecule has 3 aromatic rings. The van der Waals surface area contributed by atoms with Crippen molar-refractivity contribution in [2.75, 3.05) is 18.4 Å². The lowest BCUT2D eigenvalue weighted by atomic mass is 10.1. The summed E-state index contributed by atoms with van der Waals surface area (Å²) in [5, 5.41) is 7.56. The fourth-order valence-corrected chi connectivity index (χ4v) is 2.89. The van der Waals surface area contributed by atoms with Crippen molar-refractivity contribution >= 4 is 28.7 Å². The Morgan fingerprint density at radius 2 is 2.04 bits per heavy atom. The van der Waals surface area contributed by atoms with Gasteiger partial charge in [0, 0.05) is 24.3 Å². The van der Waals surface area contributed by atoms with Gasteiger partial charge < -0.3 is 15.6 Å². The molecule has 1 aromatic carbocycles. The van der Waals surface area contributed by atoms with E-state index < -0.39 is 0 Å². The van der Waals surface area contributed by atoms with Gasteiger partial charge in [0.15, 0.2) is 5.65 Å². The van der Waals surface area contributed by atoms with E-state index >= 15 is 0 Å². The smallest absolute Gasteiger partial charge is 0.202 e. The number of aromatic nitrogens is 3. The Morgan fingerprint density at radius 3 is 2.88 bits per heavy atom. The number of hydrogen-bond donors (Lipinski definition) is 3. The third-order valence-corrected chi connectivity index (χ3v) is 4.05. The maximum absolute atomic E-state index is 6.14. The second kappa shape index (κ2) is 8.13. The molecule has 3 rings (SSSR count). The molecule has 0 radical (unpaired) electrons. The number of nitrogens with zero attached hydrogens (tertiary/aromatic N) is 2. The van der Waals surface area contributed by atoms with E-state index in [0.717, 1.165) is 54.6 Å². The Hall–Kier alpha value is -2.11. The van der Waals surface area contributed by atoms with Gasteiger partial charge in [-0.2, -0.15) is 4.98 Å². The highest BCUT2D eigenvalue weighted by Gasteiger charge is 2.02. The number of fused-ring (bicyclic) bond motifs is 1. The number of rotatable bonds is 8. The van der Waals surface area contributed by atoms with Crippen molar-refractivity contribution in [2.24, 2.45) is 0 Å². The largest absolute Gasteiger partial charge is 0.356 e. The standard InChI is InChI=1S/C18H22ClN5/c1-2-13-9-14(11-15(19)10-13)12-20-6-4-8-22-18-23-16-5-3-7-21-17(16)24-18/h3,5,7,9-11,20H,2,4,6,8,12H2,1H3,(H2,21,22,23,24). The second-order valence-electron chi connectivity index (χ2n) is 5.74. The average molecular weight is 344 g/mol. The van der Waals surface area contributed by atoms with Gasteiger partial charge >= 0.3 is 0 Å². The quantitative estimate of drug-likeness (QED) is 0.545. The molecule has 0 amide bonds. The first-order chi connectivity index (χ1) is 11.7.